The Bertz CT molecular complexity index is 682. The van der Waals surface area contributed by atoms with Crippen molar-refractivity contribution in [3.63, 3.8) is 0 Å². The van der Waals surface area contributed by atoms with Gasteiger partial charge in [-0.1, -0.05) is 15.9 Å². The molecule has 2 rings (SSSR count). The summed E-state index contributed by atoms with van der Waals surface area (Å²) in [5.41, 5.74) is -0.0655. The second-order valence-corrected chi connectivity index (χ2v) is 7.71. The predicted octanol–water partition coefficient (Wildman–Crippen LogP) is 3.76. The summed E-state index contributed by atoms with van der Waals surface area (Å²) in [4.78, 5) is 0.881. The summed E-state index contributed by atoms with van der Waals surface area (Å²) in [6, 6.07) is 7.35. The van der Waals surface area contributed by atoms with Gasteiger partial charge in [-0.05, 0) is 37.3 Å². The van der Waals surface area contributed by atoms with Gasteiger partial charge in [-0.25, -0.2) is 12.8 Å². The van der Waals surface area contributed by atoms with Gasteiger partial charge in [0.25, 0.3) is 10.0 Å². The molecular weight excluding hydrogens is 341 g/mol. The number of benzene rings is 1. The second kappa shape index (κ2) is 4.99. The van der Waals surface area contributed by atoms with Crippen LogP contribution in [0.5, 0.6) is 0 Å². The standard InChI is InChI=1S/C11H9BrFNO2S2/c1-7-2-5-11(17-7)18(15,16)14-10-4-3-8(12)6-9(10)13/h2-6,14H,1H3. The van der Waals surface area contributed by atoms with E-state index in [4.69, 9.17) is 0 Å². The highest BCUT2D eigenvalue weighted by Gasteiger charge is 2.18. The van der Waals surface area contributed by atoms with E-state index in [-0.39, 0.29) is 9.90 Å². The molecule has 0 aliphatic heterocycles. The van der Waals surface area contributed by atoms with Crippen molar-refractivity contribution in [2.75, 3.05) is 4.72 Å². The molecule has 0 aliphatic carbocycles. The topological polar surface area (TPSA) is 46.2 Å². The normalized spacial score (nSPS) is 11.5. The molecular formula is C11H9BrFNO2S2. The highest BCUT2D eigenvalue weighted by Crippen LogP contribution is 2.25. The van der Waals surface area contributed by atoms with E-state index in [0.717, 1.165) is 16.2 Å². The molecule has 3 nitrogen and oxygen atoms in total. The Hall–Kier alpha value is -0.920. The number of aryl methyl sites for hydroxylation is 1. The van der Waals surface area contributed by atoms with Gasteiger partial charge < -0.3 is 0 Å². The summed E-state index contributed by atoms with van der Waals surface area (Å²) in [6.45, 7) is 1.81. The number of hydrogen-bond acceptors (Lipinski definition) is 3. The largest absolute Gasteiger partial charge is 0.276 e. The van der Waals surface area contributed by atoms with Crippen molar-refractivity contribution in [3.8, 4) is 0 Å². The Kier molecular flexibility index (Phi) is 3.74. The van der Waals surface area contributed by atoms with Crippen molar-refractivity contribution in [2.24, 2.45) is 0 Å². The van der Waals surface area contributed by atoms with E-state index in [0.29, 0.717) is 4.47 Å². The summed E-state index contributed by atoms with van der Waals surface area (Å²) in [5, 5.41) is 0. The van der Waals surface area contributed by atoms with Gasteiger partial charge in [0, 0.05) is 9.35 Å². The van der Waals surface area contributed by atoms with Gasteiger partial charge in [0.2, 0.25) is 0 Å². The molecule has 0 unspecified atom stereocenters. The fourth-order valence-corrected chi connectivity index (χ4v) is 4.01. The summed E-state index contributed by atoms with van der Waals surface area (Å²) in [6.07, 6.45) is 0. The van der Waals surface area contributed by atoms with Crippen LogP contribution >= 0.6 is 27.3 Å². The third kappa shape index (κ3) is 2.90. The number of hydrogen-bond donors (Lipinski definition) is 1. The summed E-state index contributed by atoms with van der Waals surface area (Å²) >= 11 is 4.25. The van der Waals surface area contributed by atoms with E-state index >= 15 is 0 Å². The number of rotatable bonds is 3. The van der Waals surface area contributed by atoms with Crippen molar-refractivity contribution in [1.82, 2.24) is 0 Å². The van der Waals surface area contributed by atoms with E-state index in [1.807, 2.05) is 6.92 Å². The first-order valence-electron chi connectivity index (χ1n) is 4.93. The number of halogens is 2. The first-order valence-corrected chi connectivity index (χ1v) is 8.02. The molecule has 2 aromatic rings. The van der Waals surface area contributed by atoms with E-state index < -0.39 is 15.8 Å². The zero-order valence-corrected chi connectivity index (χ0v) is 12.5. The molecule has 0 amide bonds. The summed E-state index contributed by atoms with van der Waals surface area (Å²) in [7, 11) is -3.71. The molecule has 0 saturated carbocycles. The third-order valence-corrected chi connectivity index (χ3v) is 5.51. The van der Waals surface area contributed by atoms with Crippen LogP contribution in [0, 0.1) is 12.7 Å². The Morgan fingerprint density at radius 3 is 2.56 bits per heavy atom. The van der Waals surface area contributed by atoms with Crippen LogP contribution < -0.4 is 4.72 Å². The molecule has 1 N–H and O–H groups in total. The van der Waals surface area contributed by atoms with Gasteiger partial charge in [-0.15, -0.1) is 11.3 Å². The zero-order chi connectivity index (χ0) is 13.3. The maximum atomic E-state index is 13.5. The minimum absolute atomic E-state index is 0.0655. The smallest absolute Gasteiger partial charge is 0.271 e. The third-order valence-electron chi connectivity index (χ3n) is 2.16. The molecule has 1 heterocycles. The first kappa shape index (κ1) is 13.5. The highest BCUT2D eigenvalue weighted by molar-refractivity contribution is 9.10. The van der Waals surface area contributed by atoms with Crippen molar-refractivity contribution in [1.29, 1.82) is 0 Å². The van der Waals surface area contributed by atoms with Gasteiger partial charge >= 0.3 is 0 Å². The molecule has 1 aromatic heterocycles. The van der Waals surface area contributed by atoms with Crippen LogP contribution in [-0.2, 0) is 10.0 Å². The zero-order valence-electron chi connectivity index (χ0n) is 9.28. The van der Waals surface area contributed by atoms with E-state index in [1.54, 1.807) is 12.1 Å². The highest BCUT2D eigenvalue weighted by atomic mass is 79.9. The summed E-state index contributed by atoms with van der Waals surface area (Å²) in [5.74, 6) is -0.624. The number of nitrogens with one attached hydrogen (secondary N) is 1. The van der Waals surface area contributed by atoms with Crippen molar-refractivity contribution in [3.05, 3.63) is 45.5 Å². The SMILES string of the molecule is Cc1ccc(S(=O)(=O)Nc2ccc(Br)cc2F)s1. The minimum atomic E-state index is -3.71. The molecule has 0 aliphatic rings. The molecule has 0 fully saturated rings. The van der Waals surface area contributed by atoms with Crippen LogP contribution in [0.3, 0.4) is 0 Å². The van der Waals surface area contributed by atoms with Gasteiger partial charge in [-0.2, -0.15) is 0 Å². The van der Waals surface area contributed by atoms with Crippen molar-refractivity contribution in [2.45, 2.75) is 11.1 Å². The maximum Gasteiger partial charge on any atom is 0.271 e. The van der Waals surface area contributed by atoms with Crippen LogP contribution in [0.1, 0.15) is 4.88 Å². The number of thiophene rings is 1. The molecule has 0 spiro atoms. The predicted molar refractivity (Wildman–Crippen MR) is 74.0 cm³/mol. The van der Waals surface area contributed by atoms with Crippen LogP contribution in [0.25, 0.3) is 0 Å². The average Bonchev–Trinajstić information content (AvgIpc) is 2.70. The van der Waals surface area contributed by atoms with Gasteiger partial charge in [0.15, 0.2) is 0 Å². The van der Waals surface area contributed by atoms with Gasteiger partial charge in [0.1, 0.15) is 10.0 Å². The lowest BCUT2D eigenvalue weighted by Crippen LogP contribution is -2.12. The van der Waals surface area contributed by atoms with Crippen molar-refractivity contribution < 1.29 is 12.8 Å². The van der Waals surface area contributed by atoms with Crippen molar-refractivity contribution >= 4 is 43.0 Å². The minimum Gasteiger partial charge on any atom is -0.276 e. The van der Waals surface area contributed by atoms with Crippen LogP contribution in [0.4, 0.5) is 10.1 Å². The molecule has 96 valence electrons. The van der Waals surface area contributed by atoms with Crippen LogP contribution in [0.2, 0.25) is 0 Å². The average molecular weight is 350 g/mol. The quantitative estimate of drug-likeness (QED) is 0.916. The fourth-order valence-electron chi connectivity index (χ4n) is 1.32. The van der Waals surface area contributed by atoms with E-state index in [2.05, 4.69) is 20.7 Å². The lowest BCUT2D eigenvalue weighted by molar-refractivity contribution is 0.600. The maximum absolute atomic E-state index is 13.5. The van der Waals surface area contributed by atoms with Gasteiger partial charge in [0.05, 0.1) is 5.69 Å². The Balaban J connectivity index is 2.33. The lowest BCUT2D eigenvalue weighted by Gasteiger charge is -2.07. The molecule has 0 saturated heterocycles. The fraction of sp³-hybridized carbons (Fsp3) is 0.0909. The Labute approximate surface area is 117 Å². The van der Waals surface area contributed by atoms with Gasteiger partial charge in [-0.3, -0.25) is 4.72 Å². The van der Waals surface area contributed by atoms with Crippen LogP contribution in [-0.4, -0.2) is 8.42 Å². The van der Waals surface area contributed by atoms with E-state index in [1.165, 1.54) is 18.2 Å². The molecule has 18 heavy (non-hydrogen) atoms. The van der Waals surface area contributed by atoms with E-state index in [9.17, 15) is 12.8 Å². The second-order valence-electron chi connectivity index (χ2n) is 3.59. The number of sulfonamides is 1. The molecule has 0 bridgehead atoms. The molecule has 0 radical (unpaired) electrons. The first-order chi connectivity index (χ1) is 8.38. The molecule has 7 heteroatoms. The Morgan fingerprint density at radius 2 is 2.00 bits per heavy atom. The lowest BCUT2D eigenvalue weighted by atomic mass is 10.3. The monoisotopic (exact) mass is 349 g/mol. The van der Waals surface area contributed by atoms with Crippen LogP contribution in [0.15, 0.2) is 39.0 Å². The summed E-state index contributed by atoms with van der Waals surface area (Å²) < 4.78 is 40.4. The number of anilines is 1. The Morgan fingerprint density at radius 1 is 1.28 bits per heavy atom. The molecule has 0 atom stereocenters. The molecule has 1 aromatic carbocycles.